The van der Waals surface area contributed by atoms with Gasteiger partial charge in [0, 0.05) is 13.1 Å². The highest BCUT2D eigenvalue weighted by Crippen LogP contribution is 2.13. The van der Waals surface area contributed by atoms with Crippen LogP contribution in [0.15, 0.2) is 60.7 Å². The van der Waals surface area contributed by atoms with E-state index in [0.29, 0.717) is 30.9 Å². The van der Waals surface area contributed by atoms with Gasteiger partial charge in [-0.15, -0.1) is 10.2 Å². The summed E-state index contributed by atoms with van der Waals surface area (Å²) in [6, 6.07) is 17.7. The van der Waals surface area contributed by atoms with E-state index in [-0.39, 0.29) is 17.4 Å². The van der Waals surface area contributed by atoms with Crippen LogP contribution in [-0.2, 0) is 12.8 Å². The standard InChI is InChI=1S/C22H23FN4O2/c1-29-18-7-4-5-16(15-18)11-13-24-21-10-9-20(26-27-21)22(28)25-14-12-17-6-2-3-8-19(17)23/h2-10,15H,11-14H2,1H3,(H,24,27)(H,25,28). The fraction of sp³-hybridized carbons (Fsp3) is 0.227. The summed E-state index contributed by atoms with van der Waals surface area (Å²) in [6.07, 6.45) is 1.22. The minimum atomic E-state index is -0.336. The Balaban J connectivity index is 1.44. The van der Waals surface area contributed by atoms with E-state index < -0.39 is 0 Å². The van der Waals surface area contributed by atoms with Crippen molar-refractivity contribution in [2.75, 3.05) is 25.5 Å². The van der Waals surface area contributed by atoms with Crippen molar-refractivity contribution in [1.29, 1.82) is 0 Å². The number of rotatable bonds is 9. The first-order valence-corrected chi connectivity index (χ1v) is 9.38. The van der Waals surface area contributed by atoms with Crippen molar-refractivity contribution in [2.45, 2.75) is 12.8 Å². The Morgan fingerprint density at radius 3 is 2.62 bits per heavy atom. The first-order chi connectivity index (χ1) is 14.2. The molecule has 29 heavy (non-hydrogen) atoms. The van der Waals surface area contributed by atoms with Crippen LogP contribution in [0, 0.1) is 5.82 Å². The molecule has 0 aliphatic rings. The number of ether oxygens (including phenoxy) is 1. The molecule has 0 spiro atoms. The molecule has 1 aromatic heterocycles. The topological polar surface area (TPSA) is 76.1 Å². The number of methoxy groups -OCH3 is 1. The molecule has 0 aliphatic carbocycles. The molecular formula is C22H23FN4O2. The SMILES string of the molecule is COc1cccc(CCNc2ccc(C(=O)NCCc3ccccc3F)nn2)c1. The van der Waals surface area contributed by atoms with Crippen LogP contribution < -0.4 is 15.4 Å². The predicted molar refractivity (Wildman–Crippen MR) is 110 cm³/mol. The largest absolute Gasteiger partial charge is 0.497 e. The molecule has 0 bridgehead atoms. The number of anilines is 1. The summed E-state index contributed by atoms with van der Waals surface area (Å²) >= 11 is 0. The maximum atomic E-state index is 13.6. The van der Waals surface area contributed by atoms with Crippen LogP contribution in [-0.4, -0.2) is 36.3 Å². The Kier molecular flexibility index (Phi) is 7.10. The molecule has 0 saturated heterocycles. The Hall–Kier alpha value is -3.48. The van der Waals surface area contributed by atoms with Gasteiger partial charge < -0.3 is 15.4 Å². The molecule has 0 unspecified atom stereocenters. The lowest BCUT2D eigenvalue weighted by Gasteiger charge is -2.08. The minimum Gasteiger partial charge on any atom is -0.497 e. The van der Waals surface area contributed by atoms with Gasteiger partial charge in [-0.25, -0.2) is 4.39 Å². The Labute approximate surface area is 169 Å². The lowest BCUT2D eigenvalue weighted by atomic mass is 10.1. The van der Waals surface area contributed by atoms with Crippen molar-refractivity contribution in [3.05, 3.63) is 83.3 Å². The van der Waals surface area contributed by atoms with Crippen LogP contribution in [0.5, 0.6) is 5.75 Å². The van der Waals surface area contributed by atoms with Gasteiger partial charge in [-0.1, -0.05) is 30.3 Å². The van der Waals surface area contributed by atoms with Gasteiger partial charge in [0.15, 0.2) is 5.69 Å². The van der Waals surface area contributed by atoms with E-state index in [9.17, 15) is 9.18 Å². The van der Waals surface area contributed by atoms with E-state index >= 15 is 0 Å². The number of halogens is 1. The normalized spacial score (nSPS) is 10.4. The van der Waals surface area contributed by atoms with Gasteiger partial charge in [-0.05, 0) is 54.3 Å². The van der Waals surface area contributed by atoms with Crippen molar-refractivity contribution in [3.8, 4) is 5.75 Å². The number of benzene rings is 2. The molecule has 6 nitrogen and oxygen atoms in total. The van der Waals surface area contributed by atoms with Gasteiger partial charge in [-0.2, -0.15) is 0 Å². The zero-order valence-electron chi connectivity index (χ0n) is 16.2. The van der Waals surface area contributed by atoms with E-state index in [1.54, 1.807) is 37.4 Å². The molecule has 0 saturated carbocycles. The molecule has 1 amide bonds. The lowest BCUT2D eigenvalue weighted by Crippen LogP contribution is -2.27. The maximum absolute atomic E-state index is 13.6. The Morgan fingerprint density at radius 1 is 1.00 bits per heavy atom. The average molecular weight is 394 g/mol. The molecule has 0 radical (unpaired) electrons. The van der Waals surface area contributed by atoms with Gasteiger partial charge in [0.1, 0.15) is 17.4 Å². The second-order valence-electron chi connectivity index (χ2n) is 6.43. The van der Waals surface area contributed by atoms with Gasteiger partial charge in [0.2, 0.25) is 0 Å². The second kappa shape index (κ2) is 10.2. The first kappa shape index (κ1) is 20.3. The summed E-state index contributed by atoms with van der Waals surface area (Å²) < 4.78 is 18.8. The van der Waals surface area contributed by atoms with Crippen LogP contribution >= 0.6 is 0 Å². The van der Waals surface area contributed by atoms with E-state index in [0.717, 1.165) is 17.7 Å². The fourth-order valence-electron chi connectivity index (χ4n) is 2.81. The number of amides is 1. The molecule has 1 heterocycles. The van der Waals surface area contributed by atoms with E-state index in [4.69, 9.17) is 4.74 Å². The highest BCUT2D eigenvalue weighted by atomic mass is 19.1. The first-order valence-electron chi connectivity index (χ1n) is 9.38. The van der Waals surface area contributed by atoms with Crippen LogP contribution in [0.4, 0.5) is 10.2 Å². The van der Waals surface area contributed by atoms with Crippen LogP contribution in [0.1, 0.15) is 21.6 Å². The molecule has 0 atom stereocenters. The Bertz CT molecular complexity index is 948. The molecule has 2 aromatic carbocycles. The third-order valence-corrected chi connectivity index (χ3v) is 4.39. The van der Waals surface area contributed by atoms with E-state index in [2.05, 4.69) is 20.8 Å². The molecule has 3 rings (SSSR count). The minimum absolute atomic E-state index is 0.219. The van der Waals surface area contributed by atoms with Crippen molar-refractivity contribution < 1.29 is 13.9 Å². The predicted octanol–water partition coefficient (Wildman–Crippen LogP) is 3.25. The quantitative estimate of drug-likeness (QED) is 0.583. The van der Waals surface area contributed by atoms with Crippen molar-refractivity contribution in [1.82, 2.24) is 15.5 Å². The summed E-state index contributed by atoms with van der Waals surface area (Å²) in [5, 5.41) is 13.9. The number of aromatic nitrogens is 2. The third kappa shape index (κ3) is 6.00. The summed E-state index contributed by atoms with van der Waals surface area (Å²) in [6.45, 7) is 0.998. The highest BCUT2D eigenvalue weighted by molar-refractivity contribution is 5.92. The van der Waals surface area contributed by atoms with Crippen LogP contribution in [0.2, 0.25) is 0 Å². The zero-order chi connectivity index (χ0) is 20.5. The zero-order valence-corrected chi connectivity index (χ0v) is 16.2. The fourth-order valence-corrected chi connectivity index (χ4v) is 2.81. The number of hydrogen-bond donors (Lipinski definition) is 2. The summed E-state index contributed by atoms with van der Waals surface area (Å²) in [4.78, 5) is 12.2. The lowest BCUT2D eigenvalue weighted by molar-refractivity contribution is 0.0948. The van der Waals surface area contributed by atoms with Gasteiger partial charge >= 0.3 is 0 Å². The molecule has 0 aliphatic heterocycles. The van der Waals surface area contributed by atoms with Crippen molar-refractivity contribution in [2.24, 2.45) is 0 Å². The van der Waals surface area contributed by atoms with Gasteiger partial charge in [0.05, 0.1) is 7.11 Å². The smallest absolute Gasteiger partial charge is 0.271 e. The summed E-state index contributed by atoms with van der Waals surface area (Å²) in [7, 11) is 1.64. The summed E-state index contributed by atoms with van der Waals surface area (Å²) in [5.41, 5.74) is 1.93. The number of carbonyl (C=O) groups excluding carboxylic acids is 1. The highest BCUT2D eigenvalue weighted by Gasteiger charge is 2.08. The number of carbonyl (C=O) groups is 1. The molecule has 3 aromatic rings. The molecule has 0 fully saturated rings. The van der Waals surface area contributed by atoms with Crippen LogP contribution in [0.3, 0.4) is 0 Å². The second-order valence-corrected chi connectivity index (χ2v) is 6.43. The molecule has 2 N–H and O–H groups in total. The summed E-state index contributed by atoms with van der Waals surface area (Å²) in [5.74, 6) is 0.811. The Morgan fingerprint density at radius 2 is 1.86 bits per heavy atom. The van der Waals surface area contributed by atoms with E-state index in [1.165, 1.54) is 6.07 Å². The molecular weight excluding hydrogens is 371 g/mol. The van der Waals surface area contributed by atoms with Gasteiger partial charge in [-0.3, -0.25) is 4.79 Å². The molecule has 150 valence electrons. The number of nitrogens with zero attached hydrogens (tertiary/aromatic N) is 2. The van der Waals surface area contributed by atoms with Crippen molar-refractivity contribution in [3.63, 3.8) is 0 Å². The van der Waals surface area contributed by atoms with Gasteiger partial charge in [0.25, 0.3) is 5.91 Å². The third-order valence-electron chi connectivity index (χ3n) is 4.39. The average Bonchev–Trinajstić information content (AvgIpc) is 2.75. The number of nitrogens with one attached hydrogen (secondary N) is 2. The number of hydrogen-bond acceptors (Lipinski definition) is 5. The molecule has 7 heteroatoms. The van der Waals surface area contributed by atoms with E-state index in [1.807, 2.05) is 24.3 Å². The van der Waals surface area contributed by atoms with Crippen molar-refractivity contribution >= 4 is 11.7 Å². The van der Waals surface area contributed by atoms with Crippen LogP contribution in [0.25, 0.3) is 0 Å². The maximum Gasteiger partial charge on any atom is 0.271 e. The monoisotopic (exact) mass is 394 g/mol.